The highest BCUT2D eigenvalue weighted by Gasteiger charge is 2.07. The van der Waals surface area contributed by atoms with E-state index in [0.29, 0.717) is 11.6 Å². The summed E-state index contributed by atoms with van der Waals surface area (Å²) in [7, 11) is 0. The quantitative estimate of drug-likeness (QED) is 0.731. The summed E-state index contributed by atoms with van der Waals surface area (Å²) in [6.07, 6.45) is 2.60. The van der Waals surface area contributed by atoms with Gasteiger partial charge in [0.1, 0.15) is 0 Å². The van der Waals surface area contributed by atoms with Crippen LogP contribution in [0, 0.1) is 0 Å². The standard InChI is InChI=1S/C15H14ClN3OS/c16-12-4-1-5-13-11(12)10-18-19(13)8-3-7-17-15(20)14-6-2-9-21-14/h1-2,4-6,9-10H,3,7-8H2,(H,17,20). The molecule has 1 amide bonds. The Bertz CT molecular complexity index is 751. The second-order valence-corrected chi connectivity index (χ2v) is 5.98. The van der Waals surface area contributed by atoms with E-state index in [1.807, 2.05) is 40.4 Å². The third-order valence-electron chi connectivity index (χ3n) is 3.21. The van der Waals surface area contributed by atoms with Crippen LogP contribution in [0.3, 0.4) is 0 Å². The van der Waals surface area contributed by atoms with Crippen LogP contribution < -0.4 is 5.32 Å². The molecule has 0 aliphatic rings. The Morgan fingerprint density at radius 1 is 1.33 bits per heavy atom. The van der Waals surface area contributed by atoms with Crippen LogP contribution >= 0.6 is 22.9 Å². The van der Waals surface area contributed by atoms with Crippen molar-refractivity contribution in [1.82, 2.24) is 15.1 Å². The molecule has 6 heteroatoms. The largest absolute Gasteiger partial charge is 0.351 e. The first-order valence-corrected chi connectivity index (χ1v) is 7.93. The number of nitrogens with one attached hydrogen (secondary N) is 1. The lowest BCUT2D eigenvalue weighted by Gasteiger charge is -2.05. The number of hydrogen-bond acceptors (Lipinski definition) is 3. The normalized spacial score (nSPS) is 10.9. The SMILES string of the molecule is O=C(NCCCn1ncc2c(Cl)cccc21)c1cccs1. The number of amides is 1. The number of carbonyl (C=O) groups excluding carboxylic acids is 1. The molecule has 108 valence electrons. The minimum absolute atomic E-state index is 0.0154. The summed E-state index contributed by atoms with van der Waals surface area (Å²) in [6.45, 7) is 1.37. The molecule has 1 aromatic carbocycles. The van der Waals surface area contributed by atoms with E-state index in [4.69, 9.17) is 11.6 Å². The maximum atomic E-state index is 11.8. The van der Waals surface area contributed by atoms with Gasteiger partial charge in [-0.05, 0) is 30.0 Å². The average Bonchev–Trinajstić information content (AvgIpc) is 3.14. The Balaban J connectivity index is 1.55. The van der Waals surface area contributed by atoms with Gasteiger partial charge in [-0.3, -0.25) is 9.48 Å². The molecule has 0 radical (unpaired) electrons. The average molecular weight is 320 g/mol. The topological polar surface area (TPSA) is 46.9 Å². The fraction of sp³-hybridized carbons (Fsp3) is 0.200. The lowest BCUT2D eigenvalue weighted by Crippen LogP contribution is -2.24. The molecule has 0 spiro atoms. The van der Waals surface area contributed by atoms with E-state index >= 15 is 0 Å². The van der Waals surface area contributed by atoms with Gasteiger partial charge in [-0.2, -0.15) is 5.10 Å². The van der Waals surface area contributed by atoms with Gasteiger partial charge in [0.2, 0.25) is 0 Å². The zero-order valence-corrected chi connectivity index (χ0v) is 12.8. The summed E-state index contributed by atoms with van der Waals surface area (Å²) in [6, 6.07) is 9.47. The Morgan fingerprint density at radius 3 is 3.05 bits per heavy atom. The molecular formula is C15H14ClN3OS. The van der Waals surface area contributed by atoms with Gasteiger partial charge in [-0.25, -0.2) is 0 Å². The van der Waals surface area contributed by atoms with Gasteiger partial charge >= 0.3 is 0 Å². The van der Waals surface area contributed by atoms with Crippen molar-refractivity contribution in [2.45, 2.75) is 13.0 Å². The van der Waals surface area contributed by atoms with Gasteiger partial charge < -0.3 is 5.32 Å². The molecule has 0 bridgehead atoms. The number of fused-ring (bicyclic) bond motifs is 1. The van der Waals surface area contributed by atoms with Crippen LogP contribution in [0.2, 0.25) is 5.02 Å². The molecule has 3 rings (SSSR count). The number of benzene rings is 1. The van der Waals surface area contributed by atoms with E-state index in [2.05, 4.69) is 10.4 Å². The number of hydrogen-bond donors (Lipinski definition) is 1. The van der Waals surface area contributed by atoms with E-state index in [-0.39, 0.29) is 5.91 Å². The predicted octanol–water partition coefficient (Wildman–Crippen LogP) is 3.57. The molecule has 21 heavy (non-hydrogen) atoms. The smallest absolute Gasteiger partial charge is 0.261 e. The first-order valence-electron chi connectivity index (χ1n) is 6.67. The van der Waals surface area contributed by atoms with Gasteiger partial charge in [-0.1, -0.05) is 23.7 Å². The molecule has 0 atom stereocenters. The zero-order valence-electron chi connectivity index (χ0n) is 11.3. The van der Waals surface area contributed by atoms with Crippen molar-refractivity contribution in [3.05, 3.63) is 51.8 Å². The summed E-state index contributed by atoms with van der Waals surface area (Å²) in [5.41, 5.74) is 1.02. The van der Waals surface area contributed by atoms with Crippen molar-refractivity contribution in [1.29, 1.82) is 0 Å². The molecule has 3 aromatic rings. The van der Waals surface area contributed by atoms with Crippen LogP contribution in [-0.2, 0) is 6.54 Å². The molecule has 2 aromatic heterocycles. The van der Waals surface area contributed by atoms with E-state index in [9.17, 15) is 4.79 Å². The van der Waals surface area contributed by atoms with E-state index in [0.717, 1.165) is 28.7 Å². The van der Waals surface area contributed by atoms with Gasteiger partial charge in [0.05, 0.1) is 21.6 Å². The Hall–Kier alpha value is -1.85. The maximum absolute atomic E-state index is 11.8. The highest BCUT2D eigenvalue weighted by atomic mass is 35.5. The Morgan fingerprint density at radius 2 is 2.24 bits per heavy atom. The number of rotatable bonds is 5. The Kier molecular flexibility index (Phi) is 4.22. The van der Waals surface area contributed by atoms with Crippen LogP contribution in [0.15, 0.2) is 41.9 Å². The number of aromatic nitrogens is 2. The third kappa shape index (κ3) is 3.09. The van der Waals surface area contributed by atoms with Crippen molar-refractivity contribution >= 4 is 39.7 Å². The molecule has 0 unspecified atom stereocenters. The molecule has 0 fully saturated rings. The highest BCUT2D eigenvalue weighted by Crippen LogP contribution is 2.22. The molecule has 0 aliphatic heterocycles. The summed E-state index contributed by atoms with van der Waals surface area (Å²) in [5, 5.41) is 10.8. The summed E-state index contributed by atoms with van der Waals surface area (Å²) in [4.78, 5) is 12.5. The minimum atomic E-state index is -0.0154. The fourth-order valence-electron chi connectivity index (χ4n) is 2.17. The van der Waals surface area contributed by atoms with Crippen LogP contribution in [0.5, 0.6) is 0 Å². The van der Waals surface area contributed by atoms with Crippen molar-refractivity contribution in [3.8, 4) is 0 Å². The van der Waals surface area contributed by atoms with Crippen LogP contribution in [0.25, 0.3) is 10.9 Å². The number of thiophene rings is 1. The number of carbonyl (C=O) groups is 1. The lowest BCUT2D eigenvalue weighted by molar-refractivity contribution is 0.0956. The maximum Gasteiger partial charge on any atom is 0.261 e. The first kappa shape index (κ1) is 14.1. The number of nitrogens with zero attached hydrogens (tertiary/aromatic N) is 2. The van der Waals surface area contributed by atoms with Gasteiger partial charge in [0.25, 0.3) is 5.91 Å². The minimum Gasteiger partial charge on any atom is -0.351 e. The fourth-order valence-corrected chi connectivity index (χ4v) is 3.03. The van der Waals surface area contributed by atoms with E-state index in [1.165, 1.54) is 11.3 Å². The molecule has 4 nitrogen and oxygen atoms in total. The van der Waals surface area contributed by atoms with Crippen molar-refractivity contribution in [3.63, 3.8) is 0 Å². The molecule has 0 saturated heterocycles. The van der Waals surface area contributed by atoms with Crippen LogP contribution in [-0.4, -0.2) is 22.2 Å². The molecule has 0 saturated carbocycles. The van der Waals surface area contributed by atoms with E-state index in [1.54, 1.807) is 6.20 Å². The zero-order chi connectivity index (χ0) is 14.7. The van der Waals surface area contributed by atoms with Gasteiger partial charge in [0, 0.05) is 18.5 Å². The number of halogens is 1. The molecule has 2 heterocycles. The number of aryl methyl sites for hydroxylation is 1. The van der Waals surface area contributed by atoms with Crippen molar-refractivity contribution in [2.24, 2.45) is 0 Å². The second kappa shape index (κ2) is 6.28. The summed E-state index contributed by atoms with van der Waals surface area (Å²) < 4.78 is 1.92. The molecule has 1 N–H and O–H groups in total. The highest BCUT2D eigenvalue weighted by molar-refractivity contribution is 7.12. The second-order valence-electron chi connectivity index (χ2n) is 4.63. The Labute approximate surface area is 131 Å². The van der Waals surface area contributed by atoms with Gasteiger partial charge in [-0.15, -0.1) is 11.3 Å². The molecule has 0 aliphatic carbocycles. The van der Waals surface area contributed by atoms with Crippen molar-refractivity contribution in [2.75, 3.05) is 6.54 Å². The van der Waals surface area contributed by atoms with Crippen molar-refractivity contribution < 1.29 is 4.79 Å². The van der Waals surface area contributed by atoms with Gasteiger partial charge in [0.15, 0.2) is 0 Å². The first-order chi connectivity index (χ1) is 10.3. The monoisotopic (exact) mass is 319 g/mol. The lowest BCUT2D eigenvalue weighted by atomic mass is 10.2. The van der Waals surface area contributed by atoms with E-state index < -0.39 is 0 Å². The third-order valence-corrected chi connectivity index (χ3v) is 4.41. The van der Waals surface area contributed by atoms with Crippen LogP contribution in [0.1, 0.15) is 16.1 Å². The summed E-state index contributed by atoms with van der Waals surface area (Å²) >= 11 is 7.57. The predicted molar refractivity (Wildman–Crippen MR) is 86.0 cm³/mol. The molecular weight excluding hydrogens is 306 g/mol. The van der Waals surface area contributed by atoms with Crippen LogP contribution in [0.4, 0.5) is 0 Å². The summed E-state index contributed by atoms with van der Waals surface area (Å²) in [5.74, 6) is -0.0154.